The van der Waals surface area contributed by atoms with Gasteiger partial charge in [0.25, 0.3) is 0 Å². The van der Waals surface area contributed by atoms with Gasteiger partial charge in [-0.05, 0) is 24.3 Å². The number of aromatic nitrogens is 2. The van der Waals surface area contributed by atoms with Crippen LogP contribution in [0.4, 0.5) is 0 Å². The third-order valence-electron chi connectivity index (χ3n) is 1.96. The molecule has 0 atom stereocenters. The first-order chi connectivity index (χ1) is 8.15. The summed E-state index contributed by atoms with van der Waals surface area (Å²) in [5, 5.41) is 8.45. The Hall–Kier alpha value is -1.33. The monoisotopic (exact) mass is 268 g/mol. The van der Waals surface area contributed by atoms with Crippen molar-refractivity contribution in [2.45, 2.75) is 12.7 Å². The molecule has 1 aromatic heterocycles. The van der Waals surface area contributed by atoms with Crippen molar-refractivity contribution < 1.29 is 9.21 Å². The van der Waals surface area contributed by atoms with Gasteiger partial charge in [0.1, 0.15) is 0 Å². The molecule has 0 amide bonds. The van der Waals surface area contributed by atoms with Crippen LogP contribution in [0.15, 0.2) is 28.7 Å². The lowest BCUT2D eigenvalue weighted by Crippen LogP contribution is -1.85. The van der Waals surface area contributed by atoms with Gasteiger partial charge in [-0.25, -0.2) is 0 Å². The van der Waals surface area contributed by atoms with Crippen molar-refractivity contribution in [1.29, 1.82) is 0 Å². The highest BCUT2D eigenvalue weighted by Crippen LogP contribution is 2.21. The summed E-state index contributed by atoms with van der Waals surface area (Å²) in [4.78, 5) is 10.8. The Labute approximate surface area is 107 Å². The van der Waals surface area contributed by atoms with E-state index in [4.69, 9.17) is 16.0 Å². The Morgan fingerprint density at radius 3 is 2.71 bits per heavy atom. The summed E-state index contributed by atoms with van der Waals surface area (Å²) in [6.45, 7) is 1.50. The van der Waals surface area contributed by atoms with Gasteiger partial charge in [-0.15, -0.1) is 10.2 Å². The Bertz CT molecular complexity index is 525. The normalized spacial score (nSPS) is 10.5. The largest absolute Gasteiger partial charge is 0.420 e. The quantitative estimate of drug-likeness (QED) is 0.856. The first-order valence-electron chi connectivity index (χ1n) is 4.87. The van der Waals surface area contributed by atoms with Crippen LogP contribution in [0, 0.1) is 0 Å². The molecule has 88 valence electrons. The van der Waals surface area contributed by atoms with Crippen LogP contribution in [-0.4, -0.2) is 15.3 Å². The molecule has 6 heteroatoms. The molecular formula is C11H9ClN2O2S. The van der Waals surface area contributed by atoms with Crippen LogP contribution < -0.4 is 0 Å². The number of halogens is 1. The maximum absolute atomic E-state index is 10.8. The van der Waals surface area contributed by atoms with Gasteiger partial charge in [-0.2, -0.15) is 0 Å². The number of thioether (sulfide) groups is 1. The third kappa shape index (κ3) is 3.31. The summed E-state index contributed by atoms with van der Waals surface area (Å²) in [6, 6.07) is 7.12. The molecule has 0 radical (unpaired) electrons. The molecule has 1 aromatic carbocycles. The summed E-state index contributed by atoms with van der Waals surface area (Å²) in [7, 11) is 0. The highest BCUT2D eigenvalue weighted by molar-refractivity contribution is 8.12. The van der Waals surface area contributed by atoms with E-state index < -0.39 is 0 Å². The van der Waals surface area contributed by atoms with Crippen molar-refractivity contribution in [3.8, 4) is 11.5 Å². The molecule has 0 fully saturated rings. The second kappa shape index (κ2) is 5.33. The first kappa shape index (κ1) is 12.1. The molecule has 0 unspecified atom stereocenters. The van der Waals surface area contributed by atoms with E-state index in [1.807, 2.05) is 0 Å². The molecule has 0 spiro atoms. The van der Waals surface area contributed by atoms with Gasteiger partial charge in [-0.3, -0.25) is 4.79 Å². The molecule has 0 aliphatic rings. The van der Waals surface area contributed by atoms with Gasteiger partial charge >= 0.3 is 0 Å². The van der Waals surface area contributed by atoms with E-state index in [-0.39, 0.29) is 5.12 Å². The van der Waals surface area contributed by atoms with Gasteiger partial charge < -0.3 is 4.42 Å². The van der Waals surface area contributed by atoms with E-state index in [2.05, 4.69) is 10.2 Å². The average molecular weight is 269 g/mol. The number of hydrogen-bond donors (Lipinski definition) is 0. The summed E-state index contributed by atoms with van der Waals surface area (Å²) in [6.07, 6.45) is 0. The lowest BCUT2D eigenvalue weighted by atomic mass is 10.2. The second-order valence-corrected chi connectivity index (χ2v) is 4.88. The van der Waals surface area contributed by atoms with Crippen molar-refractivity contribution in [1.82, 2.24) is 10.2 Å². The van der Waals surface area contributed by atoms with Crippen LogP contribution in [0.2, 0.25) is 5.02 Å². The Morgan fingerprint density at radius 2 is 2.06 bits per heavy atom. The highest BCUT2D eigenvalue weighted by Gasteiger charge is 2.09. The minimum absolute atomic E-state index is 0.0243. The highest BCUT2D eigenvalue weighted by atomic mass is 35.5. The number of hydrogen-bond acceptors (Lipinski definition) is 5. The molecule has 0 N–H and O–H groups in total. The fraction of sp³-hybridized carbons (Fsp3) is 0.182. The summed E-state index contributed by atoms with van der Waals surface area (Å²) < 4.78 is 5.42. The van der Waals surface area contributed by atoms with Gasteiger partial charge in [0.05, 0.1) is 5.75 Å². The number of carbonyl (C=O) groups is 1. The fourth-order valence-electron chi connectivity index (χ4n) is 1.18. The van der Waals surface area contributed by atoms with E-state index in [0.29, 0.717) is 22.6 Å². The maximum atomic E-state index is 10.8. The molecule has 0 saturated carbocycles. The summed E-state index contributed by atoms with van der Waals surface area (Å²) in [5.41, 5.74) is 0.806. The number of carbonyl (C=O) groups excluding carboxylic acids is 1. The molecule has 0 saturated heterocycles. The van der Waals surface area contributed by atoms with Crippen LogP contribution in [0.1, 0.15) is 12.8 Å². The summed E-state index contributed by atoms with van der Waals surface area (Å²) >= 11 is 6.92. The zero-order valence-corrected chi connectivity index (χ0v) is 10.6. The van der Waals surface area contributed by atoms with Gasteiger partial charge in [0, 0.05) is 17.5 Å². The lowest BCUT2D eigenvalue weighted by molar-refractivity contribution is -0.109. The smallest absolute Gasteiger partial charge is 0.247 e. The van der Waals surface area contributed by atoms with Crippen molar-refractivity contribution in [3.63, 3.8) is 0 Å². The SMILES string of the molecule is CC(=O)SCc1nnc(-c2ccc(Cl)cc2)o1. The molecule has 2 rings (SSSR count). The molecule has 2 aromatic rings. The second-order valence-electron chi connectivity index (χ2n) is 3.29. The number of nitrogens with zero attached hydrogens (tertiary/aromatic N) is 2. The van der Waals surface area contributed by atoms with E-state index >= 15 is 0 Å². The molecule has 17 heavy (non-hydrogen) atoms. The van der Waals surface area contributed by atoms with E-state index in [1.165, 1.54) is 6.92 Å². The van der Waals surface area contributed by atoms with E-state index in [9.17, 15) is 4.79 Å². The topological polar surface area (TPSA) is 56.0 Å². The number of benzene rings is 1. The van der Waals surface area contributed by atoms with Crippen molar-refractivity contribution in [3.05, 3.63) is 35.2 Å². The van der Waals surface area contributed by atoms with Crippen LogP contribution in [-0.2, 0) is 10.5 Å². The van der Waals surface area contributed by atoms with E-state index in [0.717, 1.165) is 17.3 Å². The predicted molar refractivity (Wildman–Crippen MR) is 66.7 cm³/mol. The van der Waals surface area contributed by atoms with Gasteiger partial charge in [0.15, 0.2) is 5.12 Å². The molecule has 0 aliphatic heterocycles. The zero-order valence-electron chi connectivity index (χ0n) is 9.01. The van der Waals surface area contributed by atoms with Crippen LogP contribution >= 0.6 is 23.4 Å². The van der Waals surface area contributed by atoms with Crippen molar-refractivity contribution in [2.24, 2.45) is 0 Å². The van der Waals surface area contributed by atoms with E-state index in [1.54, 1.807) is 24.3 Å². The van der Waals surface area contributed by atoms with Gasteiger partial charge in [-0.1, -0.05) is 23.4 Å². The summed E-state index contributed by atoms with van der Waals surface area (Å²) in [5.74, 6) is 1.27. The molecule has 4 nitrogen and oxygen atoms in total. The van der Waals surface area contributed by atoms with Gasteiger partial charge in [0.2, 0.25) is 11.8 Å². The average Bonchev–Trinajstić information content (AvgIpc) is 2.76. The standard InChI is InChI=1S/C11H9ClN2O2S/c1-7(15)17-6-10-13-14-11(16-10)8-2-4-9(12)5-3-8/h2-5H,6H2,1H3. The van der Waals surface area contributed by atoms with Crippen molar-refractivity contribution in [2.75, 3.05) is 0 Å². The molecule has 1 heterocycles. The molecule has 0 bridgehead atoms. The lowest BCUT2D eigenvalue weighted by Gasteiger charge is -1.94. The minimum atomic E-state index is 0.0243. The van der Waals surface area contributed by atoms with Crippen LogP contribution in [0.3, 0.4) is 0 Å². The predicted octanol–water partition coefficient (Wildman–Crippen LogP) is 3.17. The van der Waals surface area contributed by atoms with Crippen LogP contribution in [0.25, 0.3) is 11.5 Å². The zero-order chi connectivity index (χ0) is 12.3. The Kier molecular flexibility index (Phi) is 3.81. The molecular weight excluding hydrogens is 260 g/mol. The maximum Gasteiger partial charge on any atom is 0.247 e. The van der Waals surface area contributed by atoms with Crippen molar-refractivity contribution >= 4 is 28.5 Å². The van der Waals surface area contributed by atoms with Crippen LogP contribution in [0.5, 0.6) is 0 Å². The number of rotatable bonds is 3. The minimum Gasteiger partial charge on any atom is -0.420 e. The fourth-order valence-corrected chi connectivity index (χ4v) is 1.75. The Balaban J connectivity index is 2.12. The Morgan fingerprint density at radius 1 is 1.35 bits per heavy atom. The first-order valence-corrected chi connectivity index (χ1v) is 6.23. The molecule has 0 aliphatic carbocycles. The third-order valence-corrected chi connectivity index (χ3v) is 3.01.